The van der Waals surface area contributed by atoms with Gasteiger partial charge in [0.05, 0.1) is 18.4 Å². The second-order valence-electron chi connectivity index (χ2n) is 11.3. The highest BCUT2D eigenvalue weighted by atomic mass is 35.5. The van der Waals surface area contributed by atoms with Gasteiger partial charge in [-0.1, -0.05) is 41.4 Å². The summed E-state index contributed by atoms with van der Waals surface area (Å²) in [6.07, 6.45) is 7.23. The maximum atomic E-state index is 12.0. The first-order valence-corrected chi connectivity index (χ1v) is 15.1. The maximum absolute atomic E-state index is 12.0. The van der Waals surface area contributed by atoms with Gasteiger partial charge in [0.2, 0.25) is 0 Å². The number of ether oxygens (including phenoxy) is 2. The Balaban J connectivity index is 1.12. The second kappa shape index (κ2) is 13.6. The third-order valence-electron chi connectivity index (χ3n) is 7.86. The Morgan fingerprint density at radius 1 is 1.02 bits per heavy atom. The number of hydrogen-bond donors (Lipinski definition) is 1. The molecule has 1 saturated heterocycles. The molecule has 5 rings (SSSR count). The summed E-state index contributed by atoms with van der Waals surface area (Å²) >= 11 is 6.37. The van der Waals surface area contributed by atoms with Gasteiger partial charge in [0.25, 0.3) is 0 Å². The van der Waals surface area contributed by atoms with E-state index in [1.165, 1.54) is 27.8 Å². The van der Waals surface area contributed by atoms with Crippen LogP contribution in [0, 0.1) is 0 Å². The lowest BCUT2D eigenvalue weighted by Crippen LogP contribution is -2.35. The smallest absolute Gasteiger partial charge is 0.323 e. The summed E-state index contributed by atoms with van der Waals surface area (Å²) in [5.74, 6) is 0.461. The number of rotatable bonds is 9. The number of carbonyl (C=O) groups is 1. The van der Waals surface area contributed by atoms with Gasteiger partial charge in [-0.05, 0) is 105 Å². The summed E-state index contributed by atoms with van der Waals surface area (Å²) in [5.41, 5.74) is 14.9. The maximum Gasteiger partial charge on any atom is 0.323 e. The van der Waals surface area contributed by atoms with Gasteiger partial charge in [0.15, 0.2) is 0 Å². The van der Waals surface area contributed by atoms with Crippen LogP contribution in [0.5, 0.6) is 5.75 Å². The first-order valence-electron chi connectivity index (χ1n) is 14.7. The molecule has 2 aromatic carbocycles. The lowest BCUT2D eigenvalue weighted by Gasteiger charge is -2.30. The molecule has 1 aliphatic carbocycles. The van der Waals surface area contributed by atoms with E-state index >= 15 is 0 Å². The molecular formula is C34H40ClN3O3. The lowest BCUT2D eigenvalue weighted by atomic mass is 9.88. The van der Waals surface area contributed by atoms with Crippen molar-refractivity contribution in [3.05, 3.63) is 99.3 Å². The van der Waals surface area contributed by atoms with E-state index in [0.717, 1.165) is 73.8 Å². The fraction of sp³-hybridized carbons (Fsp3) is 0.412. The summed E-state index contributed by atoms with van der Waals surface area (Å²) in [6.45, 7) is 7.39. The van der Waals surface area contributed by atoms with Crippen LogP contribution in [0.4, 0.5) is 0 Å². The number of piperidine rings is 1. The normalized spacial score (nSPS) is 16.1. The highest BCUT2D eigenvalue weighted by molar-refractivity contribution is 6.30. The van der Waals surface area contributed by atoms with Gasteiger partial charge in [0, 0.05) is 36.4 Å². The Morgan fingerprint density at radius 3 is 2.54 bits per heavy atom. The third-order valence-corrected chi connectivity index (χ3v) is 8.10. The van der Waals surface area contributed by atoms with Crippen molar-refractivity contribution in [2.24, 2.45) is 5.73 Å². The van der Waals surface area contributed by atoms with Crippen LogP contribution in [0.25, 0.3) is 5.57 Å². The number of fused-ring (bicyclic) bond motifs is 2. The van der Waals surface area contributed by atoms with Crippen molar-refractivity contribution in [3.8, 4) is 5.75 Å². The molecule has 1 aliphatic heterocycles. The molecule has 6 nitrogen and oxygen atoms in total. The van der Waals surface area contributed by atoms with E-state index in [1.807, 2.05) is 56.4 Å². The van der Waals surface area contributed by atoms with Crippen molar-refractivity contribution in [2.45, 2.75) is 64.5 Å². The first-order chi connectivity index (χ1) is 19.9. The van der Waals surface area contributed by atoms with Gasteiger partial charge in [-0.3, -0.25) is 9.78 Å². The summed E-state index contributed by atoms with van der Waals surface area (Å²) < 4.78 is 11.2. The fourth-order valence-corrected chi connectivity index (χ4v) is 5.98. The number of likely N-dealkylation sites (tertiary alicyclic amines) is 1. The molecule has 0 unspecified atom stereocenters. The molecule has 216 valence electrons. The third kappa shape index (κ3) is 7.56. The molecular weight excluding hydrogens is 534 g/mol. The van der Waals surface area contributed by atoms with E-state index in [1.54, 1.807) is 0 Å². The van der Waals surface area contributed by atoms with E-state index in [-0.39, 0.29) is 12.1 Å². The minimum atomic E-state index is -0.660. The Hall–Kier alpha value is -3.19. The van der Waals surface area contributed by atoms with Gasteiger partial charge in [-0.15, -0.1) is 0 Å². The molecule has 1 fully saturated rings. The number of esters is 1. The molecule has 0 spiro atoms. The number of pyridine rings is 1. The Morgan fingerprint density at radius 2 is 1.78 bits per heavy atom. The zero-order valence-electron chi connectivity index (χ0n) is 24.1. The van der Waals surface area contributed by atoms with Crippen molar-refractivity contribution < 1.29 is 14.3 Å². The van der Waals surface area contributed by atoms with E-state index < -0.39 is 6.04 Å². The first kappa shape index (κ1) is 29.3. The number of halogens is 1. The van der Waals surface area contributed by atoms with E-state index in [2.05, 4.69) is 23.1 Å². The van der Waals surface area contributed by atoms with Crippen molar-refractivity contribution in [1.29, 1.82) is 0 Å². The molecule has 0 bridgehead atoms. The Kier molecular flexibility index (Phi) is 9.76. The minimum Gasteiger partial charge on any atom is -0.494 e. The second-order valence-corrected chi connectivity index (χ2v) is 11.7. The standard InChI is InChI=1S/C34H40ClN3O3/c1-23(2)41-34(39)31(36)21-24-6-11-29(12-7-24)40-20-4-17-38-18-14-25(15-19-38)32-30-13-10-28(35)22-27(30)9-8-26-5-3-16-37-33(26)32/h3,5-7,10-13,16,22-23,31H,4,8-9,14-15,17-21,36H2,1-2H3/t31-/m0/s1. The van der Waals surface area contributed by atoms with Gasteiger partial charge in [-0.25, -0.2) is 0 Å². The zero-order valence-corrected chi connectivity index (χ0v) is 24.8. The summed E-state index contributed by atoms with van der Waals surface area (Å²) in [5, 5.41) is 0.799. The van der Waals surface area contributed by atoms with E-state index in [4.69, 9.17) is 31.8 Å². The predicted molar refractivity (Wildman–Crippen MR) is 164 cm³/mol. The van der Waals surface area contributed by atoms with Crippen LogP contribution >= 0.6 is 11.6 Å². The van der Waals surface area contributed by atoms with Crippen LogP contribution in [0.1, 0.15) is 61.1 Å². The lowest BCUT2D eigenvalue weighted by molar-refractivity contribution is -0.148. The number of aryl methyl sites for hydroxylation is 2. The molecule has 2 N–H and O–H groups in total. The molecule has 3 aromatic rings. The predicted octanol–water partition coefficient (Wildman–Crippen LogP) is 6.02. The highest BCUT2D eigenvalue weighted by Crippen LogP contribution is 2.38. The molecule has 0 amide bonds. The average Bonchev–Trinajstić information content (AvgIpc) is 3.13. The fourth-order valence-electron chi connectivity index (χ4n) is 5.79. The van der Waals surface area contributed by atoms with Crippen LogP contribution in [-0.4, -0.2) is 54.2 Å². The molecule has 7 heteroatoms. The number of aromatic nitrogens is 1. The number of nitrogens with two attached hydrogens (primary N) is 1. The van der Waals surface area contributed by atoms with Crippen molar-refractivity contribution in [3.63, 3.8) is 0 Å². The molecule has 0 saturated carbocycles. The van der Waals surface area contributed by atoms with Crippen LogP contribution in [0.3, 0.4) is 0 Å². The number of hydrogen-bond acceptors (Lipinski definition) is 6. The largest absolute Gasteiger partial charge is 0.494 e. The van der Waals surface area contributed by atoms with Crippen LogP contribution in [-0.2, 0) is 28.8 Å². The number of benzene rings is 2. The van der Waals surface area contributed by atoms with Gasteiger partial charge < -0.3 is 20.1 Å². The molecule has 2 heterocycles. The molecule has 2 aliphatic rings. The summed E-state index contributed by atoms with van der Waals surface area (Å²) in [6, 6.07) is 17.7. The monoisotopic (exact) mass is 573 g/mol. The molecule has 1 atom stereocenters. The topological polar surface area (TPSA) is 77.7 Å². The van der Waals surface area contributed by atoms with Gasteiger partial charge >= 0.3 is 5.97 Å². The van der Waals surface area contributed by atoms with Crippen molar-refractivity contribution in [1.82, 2.24) is 9.88 Å². The average molecular weight is 574 g/mol. The molecule has 0 radical (unpaired) electrons. The number of nitrogens with zero attached hydrogens (tertiary/aromatic N) is 2. The van der Waals surface area contributed by atoms with Gasteiger partial charge in [0.1, 0.15) is 11.8 Å². The summed E-state index contributed by atoms with van der Waals surface area (Å²) in [7, 11) is 0. The van der Waals surface area contributed by atoms with E-state index in [0.29, 0.717) is 13.0 Å². The number of carbonyl (C=O) groups excluding carboxylic acids is 1. The summed E-state index contributed by atoms with van der Waals surface area (Å²) in [4.78, 5) is 19.4. The van der Waals surface area contributed by atoms with Crippen LogP contribution < -0.4 is 10.5 Å². The minimum absolute atomic E-state index is 0.165. The van der Waals surface area contributed by atoms with Crippen molar-refractivity contribution >= 4 is 23.1 Å². The zero-order chi connectivity index (χ0) is 28.8. The quantitative estimate of drug-likeness (QED) is 0.249. The molecule has 1 aromatic heterocycles. The van der Waals surface area contributed by atoms with Crippen molar-refractivity contribution in [2.75, 3.05) is 26.2 Å². The highest BCUT2D eigenvalue weighted by Gasteiger charge is 2.25. The van der Waals surface area contributed by atoms with Crippen LogP contribution in [0.15, 0.2) is 66.4 Å². The van der Waals surface area contributed by atoms with Crippen LogP contribution in [0.2, 0.25) is 5.02 Å². The SMILES string of the molecule is CC(C)OC(=O)[C@@H](N)Cc1ccc(OCCCN2CCC(=C3c4ccc(Cl)cc4CCc4cccnc43)CC2)cc1. The Bertz CT molecular complexity index is 1380. The Labute approximate surface area is 248 Å². The molecule has 41 heavy (non-hydrogen) atoms. The van der Waals surface area contributed by atoms with E-state index in [9.17, 15) is 4.79 Å². The van der Waals surface area contributed by atoms with Gasteiger partial charge in [-0.2, -0.15) is 0 Å².